The minimum Gasteiger partial charge on any atom is -0.744 e. The van der Waals surface area contributed by atoms with Gasteiger partial charge in [-0.3, -0.25) is 0 Å². The monoisotopic (exact) mass is 676 g/mol. The summed E-state index contributed by atoms with van der Waals surface area (Å²) < 4.78 is 67.2. The molecule has 0 atom stereocenters. The molecule has 2 aromatic rings. The molecule has 2 rings (SSSR count). The second-order valence-corrected chi connectivity index (χ2v) is 14.9. The van der Waals surface area contributed by atoms with Gasteiger partial charge < -0.3 is 31.0 Å². The van der Waals surface area contributed by atoms with Crippen LogP contribution in [0.25, 0.3) is 0 Å². The fourth-order valence-electron chi connectivity index (χ4n) is 2.68. The molecule has 0 spiro atoms. The van der Waals surface area contributed by atoms with Crippen LogP contribution in [0, 0.1) is 27.7 Å². The van der Waals surface area contributed by atoms with E-state index in [2.05, 4.69) is 13.8 Å². The molecule has 0 saturated heterocycles. The molecule has 0 aliphatic rings. The van der Waals surface area contributed by atoms with Crippen molar-refractivity contribution in [3.8, 4) is 0 Å². The zero-order valence-electron chi connectivity index (χ0n) is 22.5. The fraction of sp³-hybridized carbons (Fsp3) is 0.500. The van der Waals surface area contributed by atoms with E-state index in [0.717, 1.165) is 11.1 Å². The Labute approximate surface area is 232 Å². The van der Waals surface area contributed by atoms with E-state index >= 15 is 0 Å². The minimum atomic E-state index is -4.31. The summed E-state index contributed by atoms with van der Waals surface area (Å²) in [5, 5.41) is 0. The fourth-order valence-corrected chi connectivity index (χ4v) is 8.43. The van der Waals surface area contributed by atoms with Crippen molar-refractivity contribution >= 4 is 41.4 Å². The molecule has 2 aromatic carbocycles. The van der Waals surface area contributed by atoms with E-state index in [1.165, 1.54) is 37.8 Å². The average Bonchev–Trinajstić information content (AvgIpc) is 2.71. The van der Waals surface area contributed by atoms with Crippen LogP contribution in [-0.4, -0.2) is 69.0 Å². The Morgan fingerprint density at radius 1 is 0.622 bits per heavy atom. The first-order valence-electron chi connectivity index (χ1n) is 11.0. The molecule has 8 N–H and O–H groups in total. The Bertz CT molecular complexity index is 987. The van der Waals surface area contributed by atoms with Gasteiger partial charge in [0.25, 0.3) is 0 Å². The van der Waals surface area contributed by atoms with E-state index in [1.807, 2.05) is 0 Å². The summed E-state index contributed by atoms with van der Waals surface area (Å²) in [7, 11) is -8.61. The van der Waals surface area contributed by atoms with Crippen molar-refractivity contribution in [1.82, 2.24) is 0 Å². The number of unbranched alkanes of at least 4 members (excludes halogenated alkanes) is 2. The van der Waals surface area contributed by atoms with Crippen molar-refractivity contribution in [2.24, 2.45) is 0 Å². The van der Waals surface area contributed by atoms with Crippen molar-refractivity contribution in [1.29, 1.82) is 0 Å². The van der Waals surface area contributed by atoms with E-state index in [1.54, 1.807) is 60.8 Å². The molecule has 0 aromatic heterocycles. The maximum atomic E-state index is 10.7. The van der Waals surface area contributed by atoms with Gasteiger partial charge in [0.05, 0.1) is 9.79 Å². The minimum absolute atomic E-state index is 0. The second kappa shape index (κ2) is 22.8. The topological polar surface area (TPSA) is 240 Å². The Kier molecular flexibility index (Phi) is 28.3. The number of aryl methyl sites for hydroxylation is 4. The maximum absolute atomic E-state index is 10.7. The Morgan fingerprint density at radius 3 is 1.14 bits per heavy atom. The van der Waals surface area contributed by atoms with Crippen molar-refractivity contribution in [2.45, 2.75) is 85.9 Å². The van der Waals surface area contributed by atoms with Crippen LogP contribution in [-0.2, 0) is 20.2 Å². The van der Waals surface area contributed by atoms with Crippen LogP contribution in [0.5, 0.6) is 0 Å². The summed E-state index contributed by atoms with van der Waals surface area (Å²) in [4.78, 5) is -0.245. The number of rotatable bonds is 8. The molecular weight excluding hydrogens is 631 g/mol. The molecule has 0 unspecified atom stereocenters. The summed E-state index contributed by atoms with van der Waals surface area (Å²) in [5.41, 5.74) is 2.54. The predicted molar refractivity (Wildman–Crippen MR) is 147 cm³/mol. The Hall–Kier alpha value is -1.10. The van der Waals surface area contributed by atoms with Crippen molar-refractivity contribution < 1.29 is 47.8 Å². The van der Waals surface area contributed by atoms with Crippen LogP contribution < -0.4 is 0 Å². The van der Waals surface area contributed by atoms with Gasteiger partial charge in [-0.25, -0.2) is 16.8 Å². The van der Waals surface area contributed by atoms with Crippen molar-refractivity contribution in [3.05, 3.63) is 58.7 Å². The SMILES string of the molecule is CCC[CH2][Sn+2][CH2]CCC.Cc1ccc(C)c(S(=O)(=O)[O-])c1.Cc1ccc(C)c(S(=O)(=O)[O-])c1.O.O.O.O. The summed E-state index contributed by atoms with van der Waals surface area (Å²) in [6.45, 7) is 11.3. The normalized spacial score (nSPS) is 9.73. The smallest absolute Gasteiger partial charge is 0.124 e. The zero-order valence-corrected chi connectivity index (χ0v) is 27.0. The average molecular weight is 675 g/mol. The first-order chi connectivity index (χ1) is 15.2. The van der Waals surface area contributed by atoms with Crippen molar-refractivity contribution in [3.63, 3.8) is 0 Å². The van der Waals surface area contributed by atoms with E-state index in [-0.39, 0.29) is 52.8 Å². The second-order valence-electron chi connectivity index (χ2n) is 7.90. The van der Waals surface area contributed by atoms with Gasteiger partial charge in [-0.1, -0.05) is 24.3 Å². The zero-order chi connectivity index (χ0) is 25.7. The summed E-state index contributed by atoms with van der Waals surface area (Å²) >= 11 is 0.149. The third-order valence-corrected chi connectivity index (χ3v) is 10.6. The van der Waals surface area contributed by atoms with Crippen molar-refractivity contribution in [2.75, 3.05) is 0 Å². The molecule has 13 heteroatoms. The Balaban J connectivity index is -0.000000133. The third kappa shape index (κ3) is 20.5. The predicted octanol–water partition coefficient (Wildman–Crippen LogP) is 2.24. The van der Waals surface area contributed by atoms with Crippen LogP contribution >= 0.6 is 0 Å². The van der Waals surface area contributed by atoms with Gasteiger partial charge >= 0.3 is 69.5 Å². The Morgan fingerprint density at radius 2 is 0.919 bits per heavy atom. The standard InChI is InChI=1S/2C8H10O3S.2C4H9.4H2O.Sn/c2*1-6-3-4-7(2)8(5-6)12(9,10)11;2*1-3-4-2;;;;;/h2*3-5H,1-2H3,(H,9,10,11);2*1,3-4H2,2H3;4*1H2;/q;;;;;;;;+2/p-2. The van der Waals surface area contributed by atoms with Gasteiger partial charge in [-0.05, 0) is 62.1 Å². The number of hydrogen-bond acceptors (Lipinski definition) is 6. The van der Waals surface area contributed by atoms with E-state index in [9.17, 15) is 25.9 Å². The molecule has 216 valence electrons. The molecule has 0 aliphatic carbocycles. The third-order valence-electron chi connectivity index (χ3n) is 4.64. The molecule has 0 aliphatic heterocycles. The van der Waals surface area contributed by atoms with E-state index in [0.29, 0.717) is 11.1 Å². The van der Waals surface area contributed by atoms with Gasteiger partial charge in [-0.2, -0.15) is 0 Å². The van der Waals surface area contributed by atoms with Gasteiger partial charge in [0.2, 0.25) is 0 Å². The molecule has 0 bridgehead atoms. The summed E-state index contributed by atoms with van der Waals surface area (Å²) in [6.07, 6.45) is 5.84. The first-order valence-corrected chi connectivity index (χ1v) is 17.9. The molecule has 0 saturated carbocycles. The number of benzene rings is 2. The van der Waals surface area contributed by atoms with Crippen LogP contribution in [0.15, 0.2) is 46.2 Å². The molecular formula is C24H44O10S2Sn. The van der Waals surface area contributed by atoms with Gasteiger partial charge in [0.15, 0.2) is 0 Å². The molecule has 0 heterocycles. The summed E-state index contributed by atoms with van der Waals surface area (Å²) in [5.74, 6) is 0. The van der Waals surface area contributed by atoms with Crippen LogP contribution in [0.2, 0.25) is 8.87 Å². The van der Waals surface area contributed by atoms with Gasteiger partial charge in [0.1, 0.15) is 20.2 Å². The van der Waals surface area contributed by atoms with Gasteiger partial charge in [-0.15, -0.1) is 0 Å². The van der Waals surface area contributed by atoms with E-state index < -0.39 is 20.2 Å². The van der Waals surface area contributed by atoms with Crippen LogP contribution in [0.3, 0.4) is 0 Å². The van der Waals surface area contributed by atoms with Gasteiger partial charge in [0, 0.05) is 0 Å². The molecule has 0 fully saturated rings. The van der Waals surface area contributed by atoms with Crippen LogP contribution in [0.1, 0.15) is 61.8 Å². The molecule has 10 nitrogen and oxygen atoms in total. The maximum Gasteiger partial charge on any atom is 0.124 e. The number of hydrogen-bond donors (Lipinski definition) is 0. The molecule has 0 radical (unpaired) electrons. The first kappa shape index (κ1) is 45.8. The quantitative estimate of drug-likeness (QED) is 0.231. The van der Waals surface area contributed by atoms with E-state index in [4.69, 9.17) is 0 Å². The summed E-state index contributed by atoms with van der Waals surface area (Å²) in [6, 6.07) is 9.56. The molecule has 37 heavy (non-hydrogen) atoms. The largest absolute Gasteiger partial charge is 0.744 e. The molecule has 0 amide bonds. The van der Waals surface area contributed by atoms with Crippen LogP contribution in [0.4, 0.5) is 0 Å².